The van der Waals surface area contributed by atoms with Gasteiger partial charge in [-0.15, -0.1) is 0 Å². The molecule has 0 bridgehead atoms. The molecule has 1 aromatic rings. The first kappa shape index (κ1) is 11.9. The summed E-state index contributed by atoms with van der Waals surface area (Å²) in [6.07, 6.45) is 0.939. The van der Waals surface area contributed by atoms with Gasteiger partial charge in [0.15, 0.2) is 5.78 Å². The number of aliphatic hydroxyl groups is 1. The lowest BCUT2D eigenvalue weighted by Crippen LogP contribution is -2.22. The van der Waals surface area contributed by atoms with Gasteiger partial charge in [-0.3, -0.25) is 4.79 Å². The molecule has 0 amide bonds. The molecule has 1 N–H and O–H groups in total. The molecule has 0 aliphatic heterocycles. The average molecular weight is 206 g/mol. The van der Waals surface area contributed by atoms with Crippen molar-refractivity contribution >= 4 is 5.78 Å². The van der Waals surface area contributed by atoms with E-state index < -0.39 is 6.10 Å². The lowest BCUT2D eigenvalue weighted by molar-refractivity contribution is -0.126. The molecule has 1 unspecified atom stereocenters. The van der Waals surface area contributed by atoms with E-state index in [0.717, 1.165) is 17.5 Å². The van der Waals surface area contributed by atoms with Crippen LogP contribution in [0.1, 0.15) is 30.9 Å². The van der Waals surface area contributed by atoms with Gasteiger partial charge in [-0.2, -0.15) is 0 Å². The minimum absolute atomic E-state index is 0.0776. The molecule has 0 radical (unpaired) electrons. The number of ketones is 1. The Kier molecular flexibility index (Phi) is 4.50. The highest BCUT2D eigenvalue weighted by Crippen LogP contribution is 2.10. The summed E-state index contributed by atoms with van der Waals surface area (Å²) in [5.74, 6) is -0.0776. The predicted octanol–water partition coefficient (Wildman–Crippen LogP) is 2.27. The number of aliphatic hydroxyl groups excluding tert-OH is 1. The summed E-state index contributed by atoms with van der Waals surface area (Å²) >= 11 is 0. The third kappa shape index (κ3) is 3.48. The molecule has 15 heavy (non-hydrogen) atoms. The third-order valence-electron chi connectivity index (χ3n) is 2.56. The highest BCUT2D eigenvalue weighted by atomic mass is 16.3. The third-order valence-corrected chi connectivity index (χ3v) is 2.56. The van der Waals surface area contributed by atoms with Crippen molar-refractivity contribution < 1.29 is 9.90 Å². The summed E-state index contributed by atoms with van der Waals surface area (Å²) in [6, 6.07) is 7.79. The molecule has 0 saturated heterocycles. The molecule has 0 heterocycles. The van der Waals surface area contributed by atoms with E-state index in [1.807, 2.05) is 38.1 Å². The van der Waals surface area contributed by atoms with Crippen LogP contribution in [0.25, 0.3) is 0 Å². The van der Waals surface area contributed by atoms with E-state index in [9.17, 15) is 9.90 Å². The molecule has 2 heteroatoms. The Morgan fingerprint density at radius 2 is 2.07 bits per heavy atom. The minimum Gasteiger partial charge on any atom is -0.385 e. The first-order valence-corrected chi connectivity index (χ1v) is 5.40. The first-order chi connectivity index (χ1) is 7.15. The van der Waals surface area contributed by atoms with Crippen molar-refractivity contribution in [3.05, 3.63) is 35.4 Å². The molecule has 0 aromatic heterocycles. The van der Waals surface area contributed by atoms with Gasteiger partial charge in [-0.25, -0.2) is 0 Å². The van der Waals surface area contributed by atoms with Crippen molar-refractivity contribution in [1.29, 1.82) is 0 Å². The normalized spacial score (nSPS) is 12.5. The molecule has 0 saturated carbocycles. The SMILES string of the molecule is CCCC(O)C(=O)Cc1ccccc1C. The maximum atomic E-state index is 11.6. The fraction of sp³-hybridized carbons (Fsp3) is 0.462. The van der Waals surface area contributed by atoms with E-state index in [1.165, 1.54) is 0 Å². The quantitative estimate of drug-likeness (QED) is 0.802. The number of benzene rings is 1. The van der Waals surface area contributed by atoms with Crippen molar-refractivity contribution in [2.24, 2.45) is 0 Å². The topological polar surface area (TPSA) is 37.3 Å². The Morgan fingerprint density at radius 3 is 2.67 bits per heavy atom. The largest absolute Gasteiger partial charge is 0.385 e. The van der Waals surface area contributed by atoms with Crippen LogP contribution in [0.4, 0.5) is 0 Å². The van der Waals surface area contributed by atoms with Crippen LogP contribution in [0.3, 0.4) is 0 Å². The Labute approximate surface area is 90.9 Å². The molecular formula is C13H18O2. The van der Waals surface area contributed by atoms with Crippen LogP contribution >= 0.6 is 0 Å². The van der Waals surface area contributed by atoms with Gasteiger partial charge < -0.3 is 5.11 Å². The predicted molar refractivity (Wildman–Crippen MR) is 60.8 cm³/mol. The maximum absolute atomic E-state index is 11.6. The zero-order valence-electron chi connectivity index (χ0n) is 9.36. The second kappa shape index (κ2) is 5.66. The number of Topliss-reactive ketones (excluding diaryl/α,β-unsaturated/α-hetero) is 1. The molecule has 1 atom stereocenters. The zero-order valence-corrected chi connectivity index (χ0v) is 9.36. The molecule has 2 nitrogen and oxygen atoms in total. The van der Waals surface area contributed by atoms with E-state index in [0.29, 0.717) is 12.8 Å². The summed E-state index contributed by atoms with van der Waals surface area (Å²) in [6.45, 7) is 3.94. The van der Waals surface area contributed by atoms with Gasteiger partial charge in [0.05, 0.1) is 0 Å². The Bertz CT molecular complexity index is 331. The van der Waals surface area contributed by atoms with E-state index in [4.69, 9.17) is 0 Å². The van der Waals surface area contributed by atoms with E-state index in [-0.39, 0.29) is 5.78 Å². The molecule has 0 aliphatic rings. The number of aryl methyl sites for hydroxylation is 1. The van der Waals surface area contributed by atoms with Gasteiger partial charge >= 0.3 is 0 Å². The minimum atomic E-state index is -0.797. The zero-order chi connectivity index (χ0) is 11.3. The van der Waals surface area contributed by atoms with Crippen molar-refractivity contribution in [1.82, 2.24) is 0 Å². The van der Waals surface area contributed by atoms with E-state index in [2.05, 4.69) is 0 Å². The fourth-order valence-corrected chi connectivity index (χ4v) is 1.55. The molecular weight excluding hydrogens is 188 g/mol. The van der Waals surface area contributed by atoms with Gasteiger partial charge in [0, 0.05) is 6.42 Å². The van der Waals surface area contributed by atoms with Crippen LogP contribution in [0.5, 0.6) is 0 Å². The van der Waals surface area contributed by atoms with Gasteiger partial charge in [-0.1, -0.05) is 37.6 Å². The molecule has 1 aromatic carbocycles. The second-order valence-electron chi connectivity index (χ2n) is 3.87. The van der Waals surface area contributed by atoms with E-state index >= 15 is 0 Å². The van der Waals surface area contributed by atoms with Gasteiger partial charge in [-0.05, 0) is 24.5 Å². The van der Waals surface area contributed by atoms with Crippen LogP contribution < -0.4 is 0 Å². The molecule has 0 aliphatic carbocycles. The van der Waals surface area contributed by atoms with Crippen molar-refractivity contribution in [3.63, 3.8) is 0 Å². The van der Waals surface area contributed by atoms with Crippen molar-refractivity contribution in [3.8, 4) is 0 Å². The van der Waals surface area contributed by atoms with Crippen molar-refractivity contribution in [2.75, 3.05) is 0 Å². The second-order valence-corrected chi connectivity index (χ2v) is 3.87. The van der Waals surface area contributed by atoms with Gasteiger partial charge in [0.1, 0.15) is 6.10 Å². The van der Waals surface area contributed by atoms with Gasteiger partial charge in [0.25, 0.3) is 0 Å². The highest BCUT2D eigenvalue weighted by Gasteiger charge is 2.14. The summed E-state index contributed by atoms with van der Waals surface area (Å²) in [7, 11) is 0. The smallest absolute Gasteiger partial charge is 0.165 e. The van der Waals surface area contributed by atoms with Crippen LogP contribution in [-0.4, -0.2) is 17.0 Å². The number of hydrogen-bond donors (Lipinski definition) is 1. The average Bonchev–Trinajstić information content (AvgIpc) is 2.21. The molecule has 0 fully saturated rings. The first-order valence-electron chi connectivity index (χ1n) is 5.40. The number of carbonyl (C=O) groups is 1. The van der Waals surface area contributed by atoms with Crippen LogP contribution in [0.2, 0.25) is 0 Å². The summed E-state index contributed by atoms with van der Waals surface area (Å²) in [5.41, 5.74) is 2.12. The lowest BCUT2D eigenvalue weighted by atomic mass is 9.99. The van der Waals surface area contributed by atoms with Crippen LogP contribution in [-0.2, 0) is 11.2 Å². The number of hydrogen-bond acceptors (Lipinski definition) is 2. The molecule has 0 spiro atoms. The lowest BCUT2D eigenvalue weighted by Gasteiger charge is -2.09. The van der Waals surface area contributed by atoms with Crippen LogP contribution in [0, 0.1) is 6.92 Å². The Hall–Kier alpha value is -1.15. The monoisotopic (exact) mass is 206 g/mol. The highest BCUT2D eigenvalue weighted by molar-refractivity contribution is 5.85. The summed E-state index contributed by atoms with van der Waals surface area (Å²) in [5, 5.41) is 9.52. The Morgan fingerprint density at radius 1 is 1.40 bits per heavy atom. The number of rotatable bonds is 5. The van der Waals surface area contributed by atoms with Crippen LogP contribution in [0.15, 0.2) is 24.3 Å². The Balaban J connectivity index is 2.62. The fourth-order valence-electron chi connectivity index (χ4n) is 1.55. The summed E-state index contributed by atoms with van der Waals surface area (Å²) < 4.78 is 0. The van der Waals surface area contributed by atoms with Gasteiger partial charge in [0.2, 0.25) is 0 Å². The standard InChI is InChI=1S/C13H18O2/c1-3-6-12(14)13(15)9-11-8-5-4-7-10(11)2/h4-5,7-8,12,14H,3,6,9H2,1-2H3. The molecule has 82 valence electrons. The van der Waals surface area contributed by atoms with E-state index in [1.54, 1.807) is 0 Å². The molecule has 1 rings (SSSR count). The van der Waals surface area contributed by atoms with Crippen molar-refractivity contribution in [2.45, 2.75) is 39.2 Å². The summed E-state index contributed by atoms with van der Waals surface area (Å²) in [4.78, 5) is 11.6. The maximum Gasteiger partial charge on any atom is 0.165 e. The number of carbonyl (C=O) groups excluding carboxylic acids is 1.